The van der Waals surface area contributed by atoms with Gasteiger partial charge in [-0.05, 0) is 45.1 Å². The van der Waals surface area contributed by atoms with Crippen LogP contribution >= 0.6 is 0 Å². The molecule has 2 aliphatic rings. The lowest BCUT2D eigenvalue weighted by atomic mass is 9.92. The molecule has 1 aromatic heterocycles. The number of rotatable bonds is 4. The fraction of sp³-hybridized carbons (Fsp3) is 0.846. The Balaban J connectivity index is 1.60. The van der Waals surface area contributed by atoms with Crippen molar-refractivity contribution in [2.45, 2.75) is 57.2 Å². The first-order valence-electron chi connectivity index (χ1n) is 7.19. The van der Waals surface area contributed by atoms with Crippen LogP contribution in [0.4, 0.5) is 0 Å². The number of H-pyrrole nitrogens is 1. The van der Waals surface area contributed by atoms with Crippen molar-refractivity contribution in [3.63, 3.8) is 0 Å². The Morgan fingerprint density at radius 3 is 3.00 bits per heavy atom. The summed E-state index contributed by atoms with van der Waals surface area (Å²) in [6, 6.07) is 1.62. The molecule has 0 aromatic carbocycles. The van der Waals surface area contributed by atoms with Crippen LogP contribution < -0.4 is 10.6 Å². The fourth-order valence-electron chi connectivity index (χ4n) is 3.58. The van der Waals surface area contributed by atoms with Gasteiger partial charge in [0.2, 0.25) is 0 Å². The second-order valence-corrected chi connectivity index (χ2v) is 5.66. The van der Waals surface area contributed by atoms with E-state index in [4.69, 9.17) is 0 Å². The smallest absolute Gasteiger partial charge is 0.141 e. The van der Waals surface area contributed by atoms with E-state index in [1.165, 1.54) is 38.6 Å². The van der Waals surface area contributed by atoms with Crippen LogP contribution in [-0.4, -0.2) is 33.8 Å². The van der Waals surface area contributed by atoms with Gasteiger partial charge in [-0.25, -0.2) is 4.98 Å². The van der Waals surface area contributed by atoms with Crippen molar-refractivity contribution in [3.8, 4) is 0 Å². The molecule has 100 valence electrons. The molecule has 3 rings (SSSR count). The molecule has 0 bridgehead atoms. The molecule has 18 heavy (non-hydrogen) atoms. The first-order chi connectivity index (χ1) is 8.84. The zero-order chi connectivity index (χ0) is 12.4. The standard InChI is InChI=1S/C13H23N5/c1-9(13-15-8-16-18-13)17-12-5-2-4-10(12)11-6-3-7-14-11/h8-12,14,17H,2-7H2,1H3,(H,15,16,18). The van der Waals surface area contributed by atoms with Crippen molar-refractivity contribution in [2.75, 3.05) is 6.54 Å². The first-order valence-corrected chi connectivity index (χ1v) is 7.19. The normalized spacial score (nSPS) is 33.9. The number of aromatic nitrogens is 3. The number of nitrogens with one attached hydrogen (secondary N) is 3. The summed E-state index contributed by atoms with van der Waals surface area (Å²) in [5, 5.41) is 14.3. The average molecular weight is 249 g/mol. The minimum absolute atomic E-state index is 0.263. The molecule has 0 radical (unpaired) electrons. The minimum Gasteiger partial charge on any atom is -0.314 e. The summed E-state index contributed by atoms with van der Waals surface area (Å²) in [6.45, 7) is 3.36. The van der Waals surface area contributed by atoms with E-state index in [1.807, 2.05) is 0 Å². The van der Waals surface area contributed by atoms with Gasteiger partial charge >= 0.3 is 0 Å². The molecule has 2 fully saturated rings. The van der Waals surface area contributed by atoms with Gasteiger partial charge in [0.1, 0.15) is 12.2 Å². The molecule has 1 aliphatic carbocycles. The number of nitrogens with zero attached hydrogens (tertiary/aromatic N) is 2. The van der Waals surface area contributed by atoms with E-state index >= 15 is 0 Å². The minimum atomic E-state index is 0.263. The summed E-state index contributed by atoms with van der Waals surface area (Å²) in [4.78, 5) is 4.24. The van der Waals surface area contributed by atoms with Crippen molar-refractivity contribution in [1.29, 1.82) is 0 Å². The number of hydrogen-bond acceptors (Lipinski definition) is 4. The zero-order valence-corrected chi connectivity index (χ0v) is 11.0. The van der Waals surface area contributed by atoms with E-state index in [0.717, 1.165) is 17.8 Å². The van der Waals surface area contributed by atoms with Gasteiger partial charge < -0.3 is 10.6 Å². The van der Waals surface area contributed by atoms with Crippen LogP contribution in [0.3, 0.4) is 0 Å². The lowest BCUT2D eigenvalue weighted by Crippen LogP contribution is -2.43. The highest BCUT2D eigenvalue weighted by molar-refractivity contribution is 4.97. The summed E-state index contributed by atoms with van der Waals surface area (Å²) in [7, 11) is 0. The van der Waals surface area contributed by atoms with Gasteiger partial charge in [0.15, 0.2) is 0 Å². The van der Waals surface area contributed by atoms with Crippen LogP contribution in [0.1, 0.15) is 50.9 Å². The van der Waals surface area contributed by atoms with Crippen molar-refractivity contribution in [3.05, 3.63) is 12.2 Å². The Bertz CT molecular complexity index is 357. The van der Waals surface area contributed by atoms with Gasteiger partial charge in [0.25, 0.3) is 0 Å². The van der Waals surface area contributed by atoms with Gasteiger partial charge in [-0.1, -0.05) is 6.42 Å². The maximum Gasteiger partial charge on any atom is 0.141 e. The monoisotopic (exact) mass is 249 g/mol. The lowest BCUT2D eigenvalue weighted by molar-refractivity contribution is 0.300. The SMILES string of the molecule is CC(NC1CCCC1C1CCCN1)c1ncn[nH]1. The van der Waals surface area contributed by atoms with Gasteiger partial charge in [-0.15, -0.1) is 0 Å². The molecule has 1 saturated heterocycles. The fourth-order valence-corrected chi connectivity index (χ4v) is 3.58. The highest BCUT2D eigenvalue weighted by Gasteiger charge is 2.35. The van der Waals surface area contributed by atoms with Gasteiger partial charge in [0.05, 0.1) is 6.04 Å². The largest absolute Gasteiger partial charge is 0.314 e. The molecule has 0 amide bonds. The van der Waals surface area contributed by atoms with E-state index in [9.17, 15) is 0 Å². The highest BCUT2D eigenvalue weighted by atomic mass is 15.2. The Morgan fingerprint density at radius 2 is 2.28 bits per heavy atom. The molecule has 5 heteroatoms. The van der Waals surface area contributed by atoms with Gasteiger partial charge in [0, 0.05) is 12.1 Å². The maximum atomic E-state index is 4.24. The molecule has 4 atom stereocenters. The average Bonchev–Trinajstić information content (AvgIpc) is 3.11. The third-order valence-corrected chi connectivity index (χ3v) is 4.49. The summed E-state index contributed by atoms with van der Waals surface area (Å²) in [5.41, 5.74) is 0. The molecule has 0 spiro atoms. The molecule has 1 saturated carbocycles. The van der Waals surface area contributed by atoms with Crippen molar-refractivity contribution >= 4 is 0 Å². The predicted octanol–water partition coefficient (Wildman–Crippen LogP) is 1.38. The van der Waals surface area contributed by atoms with Crippen LogP contribution in [0.25, 0.3) is 0 Å². The van der Waals surface area contributed by atoms with Crippen LogP contribution in [-0.2, 0) is 0 Å². The van der Waals surface area contributed by atoms with Crippen LogP contribution in [0.2, 0.25) is 0 Å². The Morgan fingerprint density at radius 1 is 1.33 bits per heavy atom. The molecule has 3 N–H and O–H groups in total. The molecule has 4 unspecified atom stereocenters. The third-order valence-electron chi connectivity index (χ3n) is 4.49. The van der Waals surface area contributed by atoms with Gasteiger partial charge in [-0.2, -0.15) is 5.10 Å². The Labute approximate surface area is 108 Å². The van der Waals surface area contributed by atoms with Crippen molar-refractivity contribution in [2.24, 2.45) is 5.92 Å². The van der Waals surface area contributed by atoms with E-state index in [2.05, 4.69) is 32.7 Å². The Kier molecular flexibility index (Phi) is 3.61. The van der Waals surface area contributed by atoms with E-state index in [0.29, 0.717) is 6.04 Å². The zero-order valence-electron chi connectivity index (χ0n) is 11.0. The van der Waals surface area contributed by atoms with Crippen LogP contribution in [0, 0.1) is 5.92 Å². The summed E-state index contributed by atoms with van der Waals surface area (Å²) < 4.78 is 0. The molecular weight excluding hydrogens is 226 g/mol. The molecule has 1 aromatic rings. The first kappa shape index (κ1) is 12.1. The van der Waals surface area contributed by atoms with E-state index in [-0.39, 0.29) is 6.04 Å². The van der Waals surface area contributed by atoms with Crippen LogP contribution in [0.5, 0.6) is 0 Å². The number of aromatic amines is 1. The van der Waals surface area contributed by atoms with E-state index < -0.39 is 0 Å². The quantitative estimate of drug-likeness (QED) is 0.754. The summed E-state index contributed by atoms with van der Waals surface area (Å²) in [5.74, 6) is 1.73. The molecule has 2 heterocycles. The second kappa shape index (κ2) is 5.36. The summed E-state index contributed by atoms with van der Waals surface area (Å²) in [6.07, 6.45) is 8.27. The third kappa shape index (κ3) is 2.42. The lowest BCUT2D eigenvalue weighted by Gasteiger charge is -2.28. The van der Waals surface area contributed by atoms with Crippen molar-refractivity contribution in [1.82, 2.24) is 25.8 Å². The number of hydrogen-bond donors (Lipinski definition) is 3. The van der Waals surface area contributed by atoms with E-state index in [1.54, 1.807) is 6.33 Å². The van der Waals surface area contributed by atoms with Crippen LogP contribution in [0.15, 0.2) is 6.33 Å². The second-order valence-electron chi connectivity index (χ2n) is 5.66. The van der Waals surface area contributed by atoms with Crippen molar-refractivity contribution < 1.29 is 0 Å². The Hall–Kier alpha value is -0.940. The van der Waals surface area contributed by atoms with Gasteiger partial charge in [-0.3, -0.25) is 5.10 Å². The highest BCUT2D eigenvalue weighted by Crippen LogP contribution is 2.33. The summed E-state index contributed by atoms with van der Waals surface area (Å²) >= 11 is 0. The predicted molar refractivity (Wildman–Crippen MR) is 70.1 cm³/mol. The topological polar surface area (TPSA) is 65.6 Å². The molecular formula is C13H23N5. The molecule has 5 nitrogen and oxygen atoms in total. The maximum absolute atomic E-state index is 4.24. The molecule has 1 aliphatic heterocycles.